The van der Waals surface area contributed by atoms with Crippen LogP contribution in [0.1, 0.15) is 12.5 Å². The molecule has 0 bridgehead atoms. The molecule has 4 rings (SSSR count). The van der Waals surface area contributed by atoms with E-state index in [0.29, 0.717) is 23.9 Å². The molecular weight excluding hydrogens is 328 g/mol. The number of hydrogen-bond donors (Lipinski definition) is 1. The van der Waals surface area contributed by atoms with Crippen molar-refractivity contribution in [3.63, 3.8) is 0 Å². The molecule has 0 fully saturated rings. The van der Waals surface area contributed by atoms with Crippen LogP contribution >= 0.6 is 0 Å². The summed E-state index contributed by atoms with van der Waals surface area (Å²) in [5.41, 5.74) is 2.85. The van der Waals surface area contributed by atoms with Gasteiger partial charge in [0.25, 0.3) is 0 Å². The molecule has 0 aliphatic carbocycles. The first-order valence-electron chi connectivity index (χ1n) is 8.51. The van der Waals surface area contributed by atoms with E-state index >= 15 is 0 Å². The van der Waals surface area contributed by atoms with Crippen LogP contribution in [0.5, 0.6) is 17.2 Å². The molecule has 0 spiro atoms. The van der Waals surface area contributed by atoms with Gasteiger partial charge in [0.05, 0.1) is 26.5 Å². The molecule has 0 atom stereocenters. The molecule has 0 unspecified atom stereocenters. The molecule has 1 aliphatic rings. The van der Waals surface area contributed by atoms with Crippen LogP contribution in [0.15, 0.2) is 53.5 Å². The SMILES string of the molecule is CCOc1c(OC)cc(C2=Nc3cccc4cccc(c34)N2)cc1OC. The molecular formula is C21H20N2O3. The molecule has 0 radical (unpaired) electrons. The maximum Gasteiger partial charge on any atom is 0.203 e. The topological polar surface area (TPSA) is 52.1 Å². The molecule has 3 aromatic carbocycles. The Bertz CT molecular complexity index is 981. The third-order valence-corrected chi connectivity index (χ3v) is 4.39. The highest BCUT2D eigenvalue weighted by molar-refractivity contribution is 6.19. The van der Waals surface area contributed by atoms with Gasteiger partial charge in [0, 0.05) is 16.6 Å². The average Bonchev–Trinajstić information content (AvgIpc) is 2.68. The second kappa shape index (κ2) is 6.59. The number of nitrogens with zero attached hydrogens (tertiary/aromatic N) is 1. The number of aliphatic imine (C=N–C) groups is 1. The summed E-state index contributed by atoms with van der Waals surface area (Å²) in [6.07, 6.45) is 0. The van der Waals surface area contributed by atoms with Gasteiger partial charge in [-0.1, -0.05) is 24.3 Å². The fourth-order valence-corrected chi connectivity index (χ4v) is 3.23. The summed E-state index contributed by atoms with van der Waals surface area (Å²) in [4.78, 5) is 4.81. The Morgan fingerprint density at radius 3 is 2.31 bits per heavy atom. The first-order valence-corrected chi connectivity index (χ1v) is 8.51. The smallest absolute Gasteiger partial charge is 0.203 e. The minimum atomic E-state index is 0.528. The Kier molecular flexibility index (Phi) is 4.13. The second-order valence-corrected chi connectivity index (χ2v) is 5.91. The van der Waals surface area contributed by atoms with E-state index in [1.165, 1.54) is 0 Å². The van der Waals surface area contributed by atoms with E-state index in [2.05, 4.69) is 23.5 Å². The van der Waals surface area contributed by atoms with Crippen molar-refractivity contribution in [1.82, 2.24) is 0 Å². The summed E-state index contributed by atoms with van der Waals surface area (Å²) < 4.78 is 16.7. The lowest BCUT2D eigenvalue weighted by molar-refractivity contribution is 0.288. The van der Waals surface area contributed by atoms with Crippen molar-refractivity contribution >= 4 is 28.0 Å². The standard InChI is InChI=1S/C21H20N2O3/c1-4-26-20-17(24-2)11-14(12-18(20)25-3)21-22-15-9-5-7-13-8-6-10-16(23-21)19(13)15/h5-12H,4H2,1-3H3,(H,22,23). The fourth-order valence-electron chi connectivity index (χ4n) is 3.23. The molecule has 1 heterocycles. The maximum absolute atomic E-state index is 5.68. The van der Waals surface area contributed by atoms with Gasteiger partial charge in [0.15, 0.2) is 11.5 Å². The Labute approximate surface area is 152 Å². The maximum atomic E-state index is 5.68. The van der Waals surface area contributed by atoms with Gasteiger partial charge in [-0.2, -0.15) is 0 Å². The Morgan fingerprint density at radius 1 is 0.962 bits per heavy atom. The van der Waals surface area contributed by atoms with Crippen LogP contribution in [0.4, 0.5) is 11.4 Å². The van der Waals surface area contributed by atoms with Crippen LogP contribution in [0.3, 0.4) is 0 Å². The second-order valence-electron chi connectivity index (χ2n) is 5.91. The number of ether oxygens (including phenoxy) is 3. The van der Waals surface area contributed by atoms with Gasteiger partial charge in [-0.25, -0.2) is 4.99 Å². The Hall–Kier alpha value is -3.21. The molecule has 1 aliphatic heterocycles. The number of nitrogens with one attached hydrogen (secondary N) is 1. The third-order valence-electron chi connectivity index (χ3n) is 4.39. The first-order chi connectivity index (χ1) is 12.7. The van der Waals surface area contributed by atoms with Crippen molar-refractivity contribution in [1.29, 1.82) is 0 Å². The summed E-state index contributed by atoms with van der Waals surface area (Å²) in [7, 11) is 3.24. The van der Waals surface area contributed by atoms with Gasteiger partial charge < -0.3 is 19.5 Å². The predicted molar refractivity (Wildman–Crippen MR) is 104 cm³/mol. The molecule has 132 valence electrons. The Balaban J connectivity index is 1.86. The molecule has 0 amide bonds. The van der Waals surface area contributed by atoms with E-state index in [9.17, 15) is 0 Å². The highest BCUT2D eigenvalue weighted by Crippen LogP contribution is 2.41. The molecule has 0 saturated carbocycles. The van der Waals surface area contributed by atoms with Crippen molar-refractivity contribution < 1.29 is 14.2 Å². The van der Waals surface area contributed by atoms with Crippen molar-refractivity contribution in [3.8, 4) is 17.2 Å². The zero-order chi connectivity index (χ0) is 18.1. The van der Waals surface area contributed by atoms with Crippen LogP contribution < -0.4 is 19.5 Å². The molecule has 1 N–H and O–H groups in total. The molecule has 3 aromatic rings. The predicted octanol–water partition coefficient (Wildman–Crippen LogP) is 4.76. The summed E-state index contributed by atoms with van der Waals surface area (Å²) >= 11 is 0. The first kappa shape index (κ1) is 16.3. The van der Waals surface area contributed by atoms with Crippen molar-refractivity contribution in [2.24, 2.45) is 4.99 Å². The number of anilines is 1. The van der Waals surface area contributed by atoms with Crippen LogP contribution in [-0.2, 0) is 0 Å². The highest BCUT2D eigenvalue weighted by Gasteiger charge is 2.20. The van der Waals surface area contributed by atoms with Crippen molar-refractivity contribution in [2.75, 3.05) is 26.1 Å². The third kappa shape index (κ3) is 2.62. The van der Waals surface area contributed by atoms with Crippen molar-refractivity contribution in [3.05, 3.63) is 54.1 Å². The number of methoxy groups -OCH3 is 2. The monoisotopic (exact) mass is 348 g/mol. The molecule has 5 nitrogen and oxygen atoms in total. The lowest BCUT2D eigenvalue weighted by Crippen LogP contribution is -2.16. The summed E-state index contributed by atoms with van der Waals surface area (Å²) in [6.45, 7) is 2.46. The van der Waals surface area contributed by atoms with Crippen molar-refractivity contribution in [2.45, 2.75) is 6.92 Å². The lowest BCUT2D eigenvalue weighted by atomic mass is 10.0. The van der Waals surface area contributed by atoms with Crippen LogP contribution in [-0.4, -0.2) is 26.7 Å². The summed E-state index contributed by atoms with van der Waals surface area (Å²) in [5.74, 6) is 2.57. The summed E-state index contributed by atoms with van der Waals surface area (Å²) in [5, 5.41) is 5.72. The average molecular weight is 348 g/mol. The number of benzene rings is 3. The zero-order valence-electron chi connectivity index (χ0n) is 15.0. The Morgan fingerprint density at radius 2 is 1.65 bits per heavy atom. The largest absolute Gasteiger partial charge is 0.493 e. The van der Waals surface area contributed by atoms with E-state index in [0.717, 1.165) is 33.5 Å². The normalized spacial score (nSPS) is 12.3. The number of hydrogen-bond acceptors (Lipinski definition) is 5. The fraction of sp³-hybridized carbons (Fsp3) is 0.190. The summed E-state index contributed by atoms with van der Waals surface area (Å²) in [6, 6.07) is 16.1. The highest BCUT2D eigenvalue weighted by atomic mass is 16.5. The number of rotatable bonds is 5. The van der Waals surface area contributed by atoms with E-state index in [4.69, 9.17) is 19.2 Å². The van der Waals surface area contributed by atoms with Gasteiger partial charge in [-0.15, -0.1) is 0 Å². The number of amidine groups is 1. The van der Waals surface area contributed by atoms with Gasteiger partial charge >= 0.3 is 0 Å². The van der Waals surface area contributed by atoms with E-state index in [1.807, 2.05) is 37.3 Å². The van der Waals surface area contributed by atoms with E-state index in [1.54, 1.807) is 14.2 Å². The van der Waals surface area contributed by atoms with Gasteiger partial charge in [-0.05, 0) is 36.6 Å². The van der Waals surface area contributed by atoms with Gasteiger partial charge in [-0.3, -0.25) is 0 Å². The molecule has 26 heavy (non-hydrogen) atoms. The van der Waals surface area contributed by atoms with Gasteiger partial charge in [0.1, 0.15) is 5.84 Å². The minimum absolute atomic E-state index is 0.528. The zero-order valence-corrected chi connectivity index (χ0v) is 15.0. The molecule has 5 heteroatoms. The molecule has 0 aromatic heterocycles. The minimum Gasteiger partial charge on any atom is -0.493 e. The van der Waals surface area contributed by atoms with E-state index in [-0.39, 0.29) is 0 Å². The van der Waals surface area contributed by atoms with Gasteiger partial charge in [0.2, 0.25) is 5.75 Å². The van der Waals surface area contributed by atoms with Crippen LogP contribution in [0, 0.1) is 0 Å². The van der Waals surface area contributed by atoms with E-state index < -0.39 is 0 Å². The lowest BCUT2D eigenvalue weighted by Gasteiger charge is -2.21. The van der Waals surface area contributed by atoms with Crippen LogP contribution in [0.25, 0.3) is 10.8 Å². The quantitative estimate of drug-likeness (QED) is 0.722. The van der Waals surface area contributed by atoms with Crippen LogP contribution in [0.2, 0.25) is 0 Å². The molecule has 0 saturated heterocycles.